The van der Waals surface area contributed by atoms with E-state index in [0.717, 1.165) is 37.9 Å². The number of aliphatic hydroxyl groups is 1. The maximum Gasteiger partial charge on any atom is 0.225 e. The summed E-state index contributed by atoms with van der Waals surface area (Å²) in [6, 6.07) is 6.62. The monoisotopic (exact) mass is 294 g/mol. The van der Waals surface area contributed by atoms with E-state index in [9.17, 15) is 14.3 Å². The van der Waals surface area contributed by atoms with E-state index in [1.807, 2.05) is 12.1 Å². The van der Waals surface area contributed by atoms with Gasteiger partial charge in [0.05, 0.1) is 12.5 Å². The molecule has 1 fully saturated rings. The molecule has 1 heterocycles. The summed E-state index contributed by atoms with van der Waals surface area (Å²) < 4.78 is 12.9. The van der Waals surface area contributed by atoms with Crippen LogP contribution in [0.4, 0.5) is 4.39 Å². The maximum absolute atomic E-state index is 12.9. The molecule has 1 amide bonds. The van der Waals surface area contributed by atoms with Gasteiger partial charge in [0.1, 0.15) is 5.82 Å². The average Bonchev–Trinajstić information content (AvgIpc) is 2.50. The summed E-state index contributed by atoms with van der Waals surface area (Å²) >= 11 is 0. The lowest BCUT2D eigenvalue weighted by atomic mass is 9.90. The summed E-state index contributed by atoms with van der Waals surface area (Å²) in [5.41, 5.74) is 6.46. The Kier molecular flexibility index (Phi) is 5.70. The number of aliphatic hydroxyl groups excluding tert-OH is 1. The number of carbonyl (C=O) groups excluding carboxylic acids is 1. The van der Waals surface area contributed by atoms with Gasteiger partial charge in [-0.05, 0) is 42.9 Å². The number of rotatable bonds is 5. The van der Waals surface area contributed by atoms with Crippen LogP contribution in [-0.4, -0.2) is 41.7 Å². The molecule has 1 aromatic rings. The Morgan fingerprint density at radius 3 is 2.52 bits per heavy atom. The molecule has 0 unspecified atom stereocenters. The molecule has 0 bridgehead atoms. The minimum Gasteiger partial charge on any atom is -0.391 e. The number of amides is 1. The highest BCUT2D eigenvalue weighted by atomic mass is 19.1. The first-order valence-corrected chi connectivity index (χ1v) is 7.49. The predicted octanol–water partition coefficient (Wildman–Crippen LogP) is 1.32. The highest BCUT2D eigenvalue weighted by molar-refractivity contribution is 5.76. The van der Waals surface area contributed by atoms with Crippen LogP contribution in [0.5, 0.6) is 0 Å². The molecule has 0 spiro atoms. The van der Waals surface area contributed by atoms with Crippen molar-refractivity contribution in [1.82, 2.24) is 4.90 Å². The van der Waals surface area contributed by atoms with Crippen molar-refractivity contribution in [3.05, 3.63) is 35.6 Å². The number of halogens is 1. The molecule has 0 aromatic heterocycles. The summed E-state index contributed by atoms with van der Waals surface area (Å²) in [5.74, 6) is 0.296. The zero-order valence-corrected chi connectivity index (χ0v) is 12.2. The summed E-state index contributed by atoms with van der Waals surface area (Å²) in [6.45, 7) is 1.57. The summed E-state index contributed by atoms with van der Waals surface area (Å²) in [7, 11) is 0. The molecular weight excluding hydrogens is 271 g/mol. The fraction of sp³-hybridized carbons (Fsp3) is 0.562. The van der Waals surface area contributed by atoms with Crippen LogP contribution < -0.4 is 5.73 Å². The molecule has 1 atom stereocenters. The molecule has 1 aromatic carbocycles. The first-order valence-electron chi connectivity index (χ1n) is 7.49. The van der Waals surface area contributed by atoms with Crippen LogP contribution in [0.25, 0.3) is 0 Å². The number of likely N-dealkylation sites (tertiary alicyclic amines) is 1. The molecule has 0 radical (unpaired) electrons. The van der Waals surface area contributed by atoms with E-state index in [1.54, 1.807) is 4.90 Å². The average molecular weight is 294 g/mol. The predicted molar refractivity (Wildman–Crippen MR) is 79.1 cm³/mol. The highest BCUT2D eigenvalue weighted by Gasteiger charge is 2.24. The standard InChI is InChI=1S/C16H23FN2O2/c17-14-3-1-12(2-4-14)9-13-5-7-19(8-6-13)16(21)10-15(20)11-18/h1-4,13,15,20H,5-11,18H2/t15-/m1/s1. The van der Waals surface area contributed by atoms with Gasteiger partial charge in [0, 0.05) is 19.6 Å². The Hall–Kier alpha value is -1.46. The van der Waals surface area contributed by atoms with Crippen LogP contribution in [-0.2, 0) is 11.2 Å². The molecule has 1 saturated heterocycles. The molecule has 1 aliphatic heterocycles. The third-order valence-corrected chi connectivity index (χ3v) is 4.09. The number of carbonyl (C=O) groups is 1. The molecule has 2 rings (SSSR count). The lowest BCUT2D eigenvalue weighted by molar-refractivity contribution is -0.134. The van der Waals surface area contributed by atoms with Crippen molar-refractivity contribution < 1.29 is 14.3 Å². The highest BCUT2D eigenvalue weighted by Crippen LogP contribution is 2.22. The molecular formula is C16H23FN2O2. The number of benzene rings is 1. The number of nitrogens with two attached hydrogens (primary N) is 1. The van der Waals surface area contributed by atoms with Crippen LogP contribution in [0, 0.1) is 11.7 Å². The molecule has 4 nitrogen and oxygen atoms in total. The van der Waals surface area contributed by atoms with Gasteiger partial charge < -0.3 is 15.7 Å². The number of hydrogen-bond donors (Lipinski definition) is 2. The Labute approximate surface area is 124 Å². The SMILES string of the molecule is NC[C@H](O)CC(=O)N1CCC(Cc2ccc(F)cc2)CC1. The Morgan fingerprint density at radius 2 is 1.95 bits per heavy atom. The van der Waals surface area contributed by atoms with Gasteiger partial charge in [-0.3, -0.25) is 4.79 Å². The molecule has 5 heteroatoms. The van der Waals surface area contributed by atoms with Crippen LogP contribution in [0.1, 0.15) is 24.8 Å². The van der Waals surface area contributed by atoms with Gasteiger partial charge in [-0.1, -0.05) is 12.1 Å². The maximum atomic E-state index is 12.9. The Morgan fingerprint density at radius 1 is 1.33 bits per heavy atom. The van der Waals surface area contributed by atoms with Gasteiger partial charge >= 0.3 is 0 Å². The molecule has 3 N–H and O–H groups in total. The number of hydrogen-bond acceptors (Lipinski definition) is 3. The molecule has 0 aliphatic carbocycles. The van der Waals surface area contributed by atoms with Gasteiger partial charge in [0.2, 0.25) is 5.91 Å². The summed E-state index contributed by atoms with van der Waals surface area (Å²) in [6.07, 6.45) is 2.19. The van der Waals surface area contributed by atoms with Crippen molar-refractivity contribution in [2.45, 2.75) is 31.8 Å². The normalized spacial score (nSPS) is 17.8. The largest absolute Gasteiger partial charge is 0.391 e. The van der Waals surface area contributed by atoms with Crippen LogP contribution >= 0.6 is 0 Å². The van der Waals surface area contributed by atoms with Crippen molar-refractivity contribution in [3.8, 4) is 0 Å². The van der Waals surface area contributed by atoms with Crippen molar-refractivity contribution in [1.29, 1.82) is 0 Å². The van der Waals surface area contributed by atoms with Crippen molar-refractivity contribution in [2.24, 2.45) is 11.7 Å². The molecule has 0 saturated carbocycles. The zero-order chi connectivity index (χ0) is 15.2. The van der Waals surface area contributed by atoms with Crippen molar-refractivity contribution >= 4 is 5.91 Å². The van der Waals surface area contributed by atoms with Crippen LogP contribution in [0.3, 0.4) is 0 Å². The van der Waals surface area contributed by atoms with Crippen molar-refractivity contribution in [3.63, 3.8) is 0 Å². The smallest absolute Gasteiger partial charge is 0.225 e. The fourth-order valence-electron chi connectivity index (χ4n) is 2.75. The third kappa shape index (κ3) is 4.79. The number of piperidine rings is 1. The van der Waals surface area contributed by atoms with E-state index >= 15 is 0 Å². The van der Waals surface area contributed by atoms with E-state index in [1.165, 1.54) is 12.1 Å². The third-order valence-electron chi connectivity index (χ3n) is 4.09. The van der Waals surface area contributed by atoms with E-state index in [-0.39, 0.29) is 24.7 Å². The second-order valence-electron chi connectivity index (χ2n) is 5.75. The number of nitrogens with zero attached hydrogens (tertiary/aromatic N) is 1. The van der Waals surface area contributed by atoms with E-state index < -0.39 is 6.10 Å². The lowest BCUT2D eigenvalue weighted by Gasteiger charge is -2.32. The lowest BCUT2D eigenvalue weighted by Crippen LogP contribution is -2.41. The van der Waals surface area contributed by atoms with Crippen LogP contribution in [0.15, 0.2) is 24.3 Å². The summed E-state index contributed by atoms with van der Waals surface area (Å²) in [5, 5.41) is 9.43. The minimum atomic E-state index is -0.741. The Bertz CT molecular complexity index is 456. The first-order chi connectivity index (χ1) is 10.1. The molecule has 116 valence electrons. The second kappa shape index (κ2) is 7.52. The van der Waals surface area contributed by atoms with Gasteiger partial charge in [0.25, 0.3) is 0 Å². The topological polar surface area (TPSA) is 66.6 Å². The van der Waals surface area contributed by atoms with E-state index in [2.05, 4.69) is 0 Å². The fourth-order valence-corrected chi connectivity index (χ4v) is 2.75. The Balaban J connectivity index is 1.77. The first kappa shape index (κ1) is 15.9. The van der Waals surface area contributed by atoms with E-state index in [0.29, 0.717) is 5.92 Å². The summed E-state index contributed by atoms with van der Waals surface area (Å²) in [4.78, 5) is 13.7. The zero-order valence-electron chi connectivity index (χ0n) is 12.2. The molecule has 1 aliphatic rings. The van der Waals surface area contributed by atoms with Crippen LogP contribution in [0.2, 0.25) is 0 Å². The second-order valence-corrected chi connectivity index (χ2v) is 5.75. The van der Waals surface area contributed by atoms with Crippen molar-refractivity contribution in [2.75, 3.05) is 19.6 Å². The van der Waals surface area contributed by atoms with Gasteiger partial charge in [-0.25, -0.2) is 4.39 Å². The van der Waals surface area contributed by atoms with Gasteiger partial charge in [-0.2, -0.15) is 0 Å². The van der Waals surface area contributed by atoms with Gasteiger partial charge in [-0.15, -0.1) is 0 Å². The molecule has 21 heavy (non-hydrogen) atoms. The van der Waals surface area contributed by atoms with E-state index in [4.69, 9.17) is 5.73 Å². The quantitative estimate of drug-likeness (QED) is 0.860. The minimum absolute atomic E-state index is 0.0202. The van der Waals surface area contributed by atoms with Gasteiger partial charge in [0.15, 0.2) is 0 Å².